The summed E-state index contributed by atoms with van der Waals surface area (Å²) in [4.78, 5) is 24.6. The molecule has 0 amide bonds. The molecule has 1 rings (SSSR count). The summed E-state index contributed by atoms with van der Waals surface area (Å²) in [5, 5.41) is 9.79. The quantitative estimate of drug-likeness (QED) is 0.488. The predicted molar refractivity (Wildman–Crippen MR) is 90.8 cm³/mol. The van der Waals surface area contributed by atoms with Gasteiger partial charge in [0.25, 0.3) is 0 Å². The maximum Gasteiger partial charge on any atom is 0.323 e. The highest BCUT2D eigenvalue weighted by Gasteiger charge is 2.54. The van der Waals surface area contributed by atoms with Crippen molar-refractivity contribution < 1.29 is 24.2 Å². The largest absolute Gasteiger partial charge is 0.468 e. The molecule has 1 fully saturated rings. The van der Waals surface area contributed by atoms with Gasteiger partial charge in [0.05, 0.1) is 14.2 Å². The van der Waals surface area contributed by atoms with Gasteiger partial charge in [0.2, 0.25) is 0 Å². The topological polar surface area (TPSA) is 72.8 Å². The lowest BCUT2D eigenvalue weighted by Crippen LogP contribution is -2.38. The van der Waals surface area contributed by atoms with E-state index in [2.05, 4.69) is 18.4 Å². The summed E-state index contributed by atoms with van der Waals surface area (Å²) in [5.41, 5.74) is -0.456. The lowest BCUT2D eigenvalue weighted by atomic mass is 9.85. The highest BCUT2D eigenvalue weighted by Crippen LogP contribution is 2.48. The molecule has 5 heteroatoms. The van der Waals surface area contributed by atoms with Crippen LogP contribution < -0.4 is 0 Å². The molecule has 1 saturated carbocycles. The normalized spacial score (nSPS) is 20.0. The van der Waals surface area contributed by atoms with E-state index in [1.807, 2.05) is 13.0 Å². The number of carbonyl (C=O) groups is 2. The molecule has 1 aliphatic rings. The molecule has 0 atom stereocenters. The Balaban J connectivity index is 3.52. The second-order valence-electron chi connectivity index (χ2n) is 6.14. The van der Waals surface area contributed by atoms with Crippen molar-refractivity contribution in [2.75, 3.05) is 14.2 Å². The van der Waals surface area contributed by atoms with E-state index in [1.165, 1.54) is 14.2 Å². The van der Waals surface area contributed by atoms with Gasteiger partial charge in [-0.2, -0.15) is 0 Å². The Kier molecular flexibility index (Phi) is 6.16. The number of esters is 2. The number of carbonyl (C=O) groups excluding carboxylic acids is 2. The lowest BCUT2D eigenvalue weighted by Gasteiger charge is -2.21. The Hall–Kier alpha value is -2.32. The Labute approximate surface area is 143 Å². The third-order valence-electron chi connectivity index (χ3n) is 3.89. The first-order valence-electron chi connectivity index (χ1n) is 7.58. The Bertz CT molecular complexity index is 646. The zero-order chi connectivity index (χ0) is 18.5. The Morgan fingerprint density at radius 2 is 1.79 bits per heavy atom. The van der Waals surface area contributed by atoms with Gasteiger partial charge in [-0.3, -0.25) is 9.59 Å². The zero-order valence-corrected chi connectivity index (χ0v) is 14.9. The van der Waals surface area contributed by atoms with Gasteiger partial charge in [-0.05, 0) is 38.3 Å². The minimum atomic E-state index is -1.41. The third kappa shape index (κ3) is 3.95. The van der Waals surface area contributed by atoms with Crippen molar-refractivity contribution in [3.05, 3.63) is 35.5 Å². The van der Waals surface area contributed by atoms with Crippen LogP contribution in [0.5, 0.6) is 0 Å². The molecular weight excluding hydrogens is 308 g/mol. The van der Waals surface area contributed by atoms with E-state index in [1.54, 1.807) is 19.9 Å². The summed E-state index contributed by atoms with van der Waals surface area (Å²) in [6.07, 6.45) is 3.69. The molecular formula is C19H24O5. The standard InChI is InChI=1S/C19H24O5/c1-7-13(9-10-18(3,4)22)15-12-19(16(20)23-5,17(21)24-6)11-14(15)8-2/h7-8,22H,1,11-12H2,2-6H3/b14-8-,15-13-. The minimum absolute atomic E-state index is 0.119. The molecule has 0 spiro atoms. The number of methoxy groups -OCH3 is 2. The number of hydrogen-bond acceptors (Lipinski definition) is 5. The molecule has 0 bridgehead atoms. The smallest absolute Gasteiger partial charge is 0.323 e. The number of ether oxygens (including phenoxy) is 2. The van der Waals surface area contributed by atoms with Gasteiger partial charge in [-0.15, -0.1) is 0 Å². The number of aliphatic hydroxyl groups is 1. The van der Waals surface area contributed by atoms with Crippen molar-refractivity contribution in [1.29, 1.82) is 0 Å². The zero-order valence-electron chi connectivity index (χ0n) is 14.9. The van der Waals surface area contributed by atoms with Crippen molar-refractivity contribution >= 4 is 11.9 Å². The van der Waals surface area contributed by atoms with Crippen molar-refractivity contribution in [2.45, 2.75) is 39.2 Å². The fourth-order valence-corrected chi connectivity index (χ4v) is 2.69. The molecule has 1 aliphatic carbocycles. The van der Waals surface area contributed by atoms with Gasteiger partial charge in [0.1, 0.15) is 5.60 Å². The van der Waals surface area contributed by atoms with Crippen LogP contribution in [0.4, 0.5) is 0 Å². The van der Waals surface area contributed by atoms with E-state index in [9.17, 15) is 14.7 Å². The highest BCUT2D eigenvalue weighted by molar-refractivity contribution is 6.02. The van der Waals surface area contributed by atoms with Crippen LogP contribution in [0.2, 0.25) is 0 Å². The molecule has 0 aromatic rings. The summed E-state index contributed by atoms with van der Waals surface area (Å²) in [7, 11) is 2.49. The summed E-state index contributed by atoms with van der Waals surface area (Å²) < 4.78 is 9.68. The third-order valence-corrected chi connectivity index (χ3v) is 3.89. The fraction of sp³-hybridized carbons (Fsp3) is 0.474. The van der Waals surface area contributed by atoms with Crippen LogP contribution in [0.1, 0.15) is 33.6 Å². The molecule has 0 unspecified atom stereocenters. The van der Waals surface area contributed by atoms with Crippen LogP contribution in [0.3, 0.4) is 0 Å². The molecule has 130 valence electrons. The monoisotopic (exact) mass is 332 g/mol. The summed E-state index contributed by atoms with van der Waals surface area (Å²) in [5.74, 6) is 4.34. The van der Waals surface area contributed by atoms with Crippen molar-refractivity contribution in [3.63, 3.8) is 0 Å². The lowest BCUT2D eigenvalue weighted by molar-refractivity contribution is -0.168. The van der Waals surface area contributed by atoms with Crippen LogP contribution in [0.25, 0.3) is 0 Å². The first-order valence-corrected chi connectivity index (χ1v) is 7.58. The molecule has 0 radical (unpaired) electrons. The highest BCUT2D eigenvalue weighted by atomic mass is 16.5. The van der Waals surface area contributed by atoms with Crippen LogP contribution in [-0.4, -0.2) is 36.9 Å². The molecule has 5 nitrogen and oxygen atoms in total. The van der Waals surface area contributed by atoms with E-state index in [4.69, 9.17) is 9.47 Å². The Morgan fingerprint density at radius 3 is 2.17 bits per heavy atom. The molecule has 0 aromatic carbocycles. The summed E-state index contributed by atoms with van der Waals surface area (Å²) >= 11 is 0. The number of allylic oxidation sites excluding steroid dienone is 5. The van der Waals surface area contributed by atoms with Crippen LogP contribution in [0.15, 0.2) is 35.5 Å². The maximum atomic E-state index is 12.3. The molecule has 1 N–H and O–H groups in total. The van der Waals surface area contributed by atoms with Crippen LogP contribution in [0, 0.1) is 17.3 Å². The molecule has 0 heterocycles. The first-order chi connectivity index (χ1) is 11.1. The van der Waals surface area contributed by atoms with E-state index in [-0.39, 0.29) is 12.8 Å². The van der Waals surface area contributed by atoms with Gasteiger partial charge < -0.3 is 14.6 Å². The Morgan fingerprint density at radius 1 is 1.25 bits per heavy atom. The number of rotatable bonds is 3. The van der Waals surface area contributed by atoms with Crippen molar-refractivity contribution in [3.8, 4) is 11.8 Å². The van der Waals surface area contributed by atoms with Gasteiger partial charge >= 0.3 is 11.9 Å². The molecule has 0 aromatic heterocycles. The van der Waals surface area contributed by atoms with Gasteiger partial charge in [0.15, 0.2) is 5.41 Å². The fourth-order valence-electron chi connectivity index (χ4n) is 2.69. The van der Waals surface area contributed by atoms with E-state index >= 15 is 0 Å². The molecule has 24 heavy (non-hydrogen) atoms. The van der Waals surface area contributed by atoms with Crippen LogP contribution >= 0.6 is 0 Å². The van der Waals surface area contributed by atoms with Gasteiger partial charge in [0, 0.05) is 12.0 Å². The van der Waals surface area contributed by atoms with Crippen molar-refractivity contribution in [1.82, 2.24) is 0 Å². The van der Waals surface area contributed by atoms with Gasteiger partial charge in [-0.1, -0.05) is 30.6 Å². The van der Waals surface area contributed by atoms with E-state index in [0.29, 0.717) is 5.57 Å². The average molecular weight is 332 g/mol. The number of hydrogen-bond donors (Lipinski definition) is 1. The second kappa shape index (κ2) is 7.50. The molecule has 0 aliphatic heterocycles. The summed E-state index contributed by atoms with van der Waals surface area (Å²) in [6, 6.07) is 0. The average Bonchev–Trinajstić information content (AvgIpc) is 2.93. The first kappa shape index (κ1) is 19.7. The van der Waals surface area contributed by atoms with Crippen LogP contribution in [-0.2, 0) is 19.1 Å². The van der Waals surface area contributed by atoms with E-state index < -0.39 is 23.0 Å². The molecule has 0 saturated heterocycles. The van der Waals surface area contributed by atoms with Crippen molar-refractivity contribution in [2.24, 2.45) is 5.41 Å². The van der Waals surface area contributed by atoms with Gasteiger partial charge in [-0.25, -0.2) is 0 Å². The minimum Gasteiger partial charge on any atom is -0.468 e. The predicted octanol–water partition coefficient (Wildman–Crippen LogP) is 2.32. The summed E-state index contributed by atoms with van der Waals surface area (Å²) in [6.45, 7) is 8.72. The maximum absolute atomic E-state index is 12.3. The second-order valence-corrected chi connectivity index (χ2v) is 6.14. The van der Waals surface area contributed by atoms with E-state index in [0.717, 1.165) is 11.1 Å². The SMILES string of the molecule is C=C/C(C#CC(C)(C)O)=C1\CC(C(=O)OC)(C(=O)OC)C\C1=C\C.